The zero-order chi connectivity index (χ0) is 17.6. The summed E-state index contributed by atoms with van der Waals surface area (Å²) < 4.78 is 0. The highest BCUT2D eigenvalue weighted by molar-refractivity contribution is 7.15. The standard InChI is InChI=1S/C16H27N3O3S/c1-6-7-11(18-15(22)13(20)10(4)5)14(21)19-16-17-8-12(23-16)9(2)3/h8-11,13,20H,6-7H2,1-5H3,(H,18,22)(H,17,19,21). The molecule has 0 aliphatic heterocycles. The molecule has 1 heterocycles. The van der Waals surface area contributed by atoms with Crippen LogP contribution in [0.1, 0.15) is 58.3 Å². The van der Waals surface area contributed by atoms with Crippen molar-refractivity contribution in [3.63, 3.8) is 0 Å². The van der Waals surface area contributed by atoms with Gasteiger partial charge in [-0.1, -0.05) is 41.0 Å². The van der Waals surface area contributed by atoms with Crippen molar-refractivity contribution in [2.45, 2.75) is 65.5 Å². The molecular formula is C16H27N3O3S. The molecule has 23 heavy (non-hydrogen) atoms. The fourth-order valence-electron chi connectivity index (χ4n) is 1.92. The zero-order valence-corrected chi connectivity index (χ0v) is 15.2. The second-order valence-electron chi connectivity index (χ2n) is 6.25. The van der Waals surface area contributed by atoms with Crippen LogP contribution in [0, 0.1) is 5.92 Å². The minimum absolute atomic E-state index is 0.201. The number of nitrogens with one attached hydrogen (secondary N) is 2. The lowest BCUT2D eigenvalue weighted by molar-refractivity contribution is -0.134. The summed E-state index contributed by atoms with van der Waals surface area (Å²) in [5.41, 5.74) is 0. The number of aliphatic hydroxyl groups excluding tert-OH is 1. The Balaban J connectivity index is 2.71. The molecule has 0 spiro atoms. The molecule has 1 aromatic rings. The Morgan fingerprint density at radius 2 is 1.91 bits per heavy atom. The van der Waals surface area contributed by atoms with Crippen molar-refractivity contribution >= 4 is 28.3 Å². The van der Waals surface area contributed by atoms with Crippen LogP contribution in [-0.2, 0) is 9.59 Å². The lowest BCUT2D eigenvalue weighted by Crippen LogP contribution is -2.48. The van der Waals surface area contributed by atoms with Crippen LogP contribution in [-0.4, -0.2) is 34.1 Å². The Kier molecular flexibility index (Phi) is 7.64. The molecular weight excluding hydrogens is 314 g/mol. The van der Waals surface area contributed by atoms with Gasteiger partial charge in [-0.3, -0.25) is 9.59 Å². The van der Waals surface area contributed by atoms with Gasteiger partial charge in [0.05, 0.1) is 0 Å². The topological polar surface area (TPSA) is 91.3 Å². The number of thiazole rings is 1. The van der Waals surface area contributed by atoms with E-state index in [9.17, 15) is 14.7 Å². The van der Waals surface area contributed by atoms with E-state index in [0.29, 0.717) is 17.5 Å². The summed E-state index contributed by atoms with van der Waals surface area (Å²) in [6.07, 6.45) is 1.88. The summed E-state index contributed by atoms with van der Waals surface area (Å²) in [5.74, 6) is -0.671. The minimum atomic E-state index is -1.12. The number of hydrogen-bond donors (Lipinski definition) is 3. The van der Waals surface area contributed by atoms with Gasteiger partial charge in [0.1, 0.15) is 12.1 Å². The monoisotopic (exact) mass is 341 g/mol. The van der Waals surface area contributed by atoms with Crippen LogP contribution in [0.25, 0.3) is 0 Å². The Morgan fingerprint density at radius 1 is 1.26 bits per heavy atom. The predicted molar refractivity (Wildman–Crippen MR) is 92.5 cm³/mol. The summed E-state index contributed by atoms with van der Waals surface area (Å²) in [4.78, 5) is 29.6. The molecule has 0 aliphatic carbocycles. The van der Waals surface area contributed by atoms with Gasteiger partial charge in [-0.15, -0.1) is 11.3 Å². The number of nitrogens with zero attached hydrogens (tertiary/aromatic N) is 1. The summed E-state index contributed by atoms with van der Waals surface area (Å²) in [7, 11) is 0. The van der Waals surface area contributed by atoms with Gasteiger partial charge in [0.2, 0.25) is 11.8 Å². The largest absolute Gasteiger partial charge is 0.383 e. The second kappa shape index (κ2) is 8.98. The quantitative estimate of drug-likeness (QED) is 0.677. The van der Waals surface area contributed by atoms with E-state index < -0.39 is 18.1 Å². The van der Waals surface area contributed by atoms with Crippen molar-refractivity contribution in [3.8, 4) is 0 Å². The van der Waals surface area contributed by atoms with E-state index in [1.807, 2.05) is 6.92 Å². The summed E-state index contributed by atoms with van der Waals surface area (Å²) in [5, 5.41) is 15.7. The second-order valence-corrected chi connectivity index (χ2v) is 7.31. The summed E-state index contributed by atoms with van der Waals surface area (Å²) in [6, 6.07) is -0.674. The van der Waals surface area contributed by atoms with Gasteiger partial charge in [0.25, 0.3) is 0 Å². The van der Waals surface area contributed by atoms with E-state index in [1.54, 1.807) is 20.0 Å². The van der Waals surface area contributed by atoms with Gasteiger partial charge in [-0.2, -0.15) is 0 Å². The van der Waals surface area contributed by atoms with Gasteiger partial charge in [-0.05, 0) is 18.3 Å². The summed E-state index contributed by atoms with van der Waals surface area (Å²) >= 11 is 1.43. The van der Waals surface area contributed by atoms with Crippen molar-refractivity contribution < 1.29 is 14.7 Å². The molecule has 3 N–H and O–H groups in total. The molecule has 2 atom stereocenters. The Bertz CT molecular complexity index is 528. The Hall–Kier alpha value is -1.47. The van der Waals surface area contributed by atoms with Gasteiger partial charge in [0, 0.05) is 11.1 Å². The van der Waals surface area contributed by atoms with Gasteiger partial charge in [0.15, 0.2) is 5.13 Å². The van der Waals surface area contributed by atoms with Crippen molar-refractivity contribution in [1.82, 2.24) is 10.3 Å². The SMILES string of the molecule is CCCC(NC(=O)C(O)C(C)C)C(=O)Nc1ncc(C(C)C)s1. The van der Waals surface area contributed by atoms with E-state index in [-0.39, 0.29) is 11.8 Å². The highest BCUT2D eigenvalue weighted by Crippen LogP contribution is 2.25. The minimum Gasteiger partial charge on any atom is -0.383 e. The van der Waals surface area contributed by atoms with Crippen LogP contribution in [0.3, 0.4) is 0 Å². The maximum absolute atomic E-state index is 12.4. The molecule has 0 aliphatic rings. The number of amides is 2. The number of hydrogen-bond acceptors (Lipinski definition) is 5. The molecule has 0 aromatic carbocycles. The zero-order valence-electron chi connectivity index (χ0n) is 14.4. The molecule has 6 nitrogen and oxygen atoms in total. The first-order valence-corrected chi connectivity index (χ1v) is 8.82. The normalized spacial score (nSPS) is 13.9. The van der Waals surface area contributed by atoms with E-state index in [4.69, 9.17) is 0 Å². The highest BCUT2D eigenvalue weighted by atomic mass is 32.1. The van der Waals surface area contributed by atoms with E-state index in [0.717, 1.165) is 11.3 Å². The van der Waals surface area contributed by atoms with Gasteiger partial charge < -0.3 is 15.7 Å². The maximum Gasteiger partial charge on any atom is 0.249 e. The van der Waals surface area contributed by atoms with Crippen molar-refractivity contribution in [2.75, 3.05) is 5.32 Å². The Labute approximate surface area is 141 Å². The van der Waals surface area contributed by atoms with Crippen LogP contribution in [0.2, 0.25) is 0 Å². The van der Waals surface area contributed by atoms with Crippen LogP contribution in [0.15, 0.2) is 6.20 Å². The molecule has 2 amide bonds. The molecule has 1 aromatic heterocycles. The third-order valence-electron chi connectivity index (χ3n) is 3.43. The Morgan fingerprint density at radius 3 is 2.39 bits per heavy atom. The number of anilines is 1. The number of aromatic nitrogens is 1. The third-order valence-corrected chi connectivity index (χ3v) is 4.65. The third kappa shape index (κ3) is 5.91. The molecule has 2 unspecified atom stereocenters. The molecule has 0 saturated heterocycles. The number of carbonyl (C=O) groups is 2. The number of rotatable bonds is 8. The van der Waals surface area contributed by atoms with Crippen LogP contribution in [0.5, 0.6) is 0 Å². The first kappa shape index (κ1) is 19.6. The van der Waals surface area contributed by atoms with Crippen LogP contribution < -0.4 is 10.6 Å². The molecule has 0 saturated carbocycles. The molecule has 130 valence electrons. The number of aliphatic hydroxyl groups is 1. The van der Waals surface area contributed by atoms with Crippen molar-refractivity contribution in [2.24, 2.45) is 5.92 Å². The smallest absolute Gasteiger partial charge is 0.249 e. The van der Waals surface area contributed by atoms with Gasteiger partial charge in [-0.25, -0.2) is 4.98 Å². The first-order chi connectivity index (χ1) is 10.8. The average Bonchev–Trinajstić information content (AvgIpc) is 2.94. The lowest BCUT2D eigenvalue weighted by atomic mass is 10.1. The number of carbonyl (C=O) groups excluding carboxylic acids is 2. The maximum atomic E-state index is 12.4. The van der Waals surface area contributed by atoms with Crippen molar-refractivity contribution in [3.05, 3.63) is 11.1 Å². The fraction of sp³-hybridized carbons (Fsp3) is 0.688. The first-order valence-electron chi connectivity index (χ1n) is 8.01. The van der Waals surface area contributed by atoms with E-state index in [2.05, 4.69) is 29.5 Å². The molecule has 0 radical (unpaired) electrons. The predicted octanol–water partition coefficient (Wildman–Crippen LogP) is 2.51. The van der Waals surface area contributed by atoms with Crippen molar-refractivity contribution in [1.29, 1.82) is 0 Å². The van der Waals surface area contributed by atoms with Crippen LogP contribution in [0.4, 0.5) is 5.13 Å². The van der Waals surface area contributed by atoms with E-state index in [1.165, 1.54) is 11.3 Å². The fourth-order valence-corrected chi connectivity index (χ4v) is 2.74. The van der Waals surface area contributed by atoms with Gasteiger partial charge >= 0.3 is 0 Å². The molecule has 0 fully saturated rings. The van der Waals surface area contributed by atoms with Crippen LogP contribution >= 0.6 is 11.3 Å². The molecule has 7 heteroatoms. The molecule has 1 rings (SSSR count). The lowest BCUT2D eigenvalue weighted by Gasteiger charge is -2.20. The summed E-state index contributed by atoms with van der Waals surface area (Å²) in [6.45, 7) is 9.56. The highest BCUT2D eigenvalue weighted by Gasteiger charge is 2.26. The molecule has 0 bridgehead atoms. The average molecular weight is 341 g/mol. The van der Waals surface area contributed by atoms with E-state index >= 15 is 0 Å².